The SMILES string of the molecule is C[C@H](O)CNC(=O)C[C@@]1(O)C2CC[C@H]1C[C@H](S(=O)(=O)c1cc(C(=O)Nc3ccc(F)c(F)c3)ccc1Cl)C2. The highest BCUT2D eigenvalue weighted by Gasteiger charge is 2.56. The molecular formula is C26H29ClF2N2O6S. The van der Waals surface area contributed by atoms with E-state index < -0.39 is 62.1 Å². The van der Waals surface area contributed by atoms with E-state index in [1.54, 1.807) is 0 Å². The third-order valence-corrected chi connectivity index (χ3v) is 10.2. The van der Waals surface area contributed by atoms with Crippen molar-refractivity contribution in [1.29, 1.82) is 0 Å². The van der Waals surface area contributed by atoms with Crippen molar-refractivity contribution in [2.24, 2.45) is 11.8 Å². The summed E-state index contributed by atoms with van der Waals surface area (Å²) < 4.78 is 54.0. The van der Waals surface area contributed by atoms with Crippen LogP contribution in [-0.2, 0) is 14.6 Å². The Morgan fingerprint density at radius 1 is 1.11 bits per heavy atom. The highest BCUT2D eigenvalue weighted by Crippen LogP contribution is 2.53. The molecule has 0 saturated heterocycles. The van der Waals surface area contributed by atoms with Crippen molar-refractivity contribution in [2.45, 2.75) is 60.9 Å². The molecule has 2 aromatic carbocycles. The lowest BCUT2D eigenvalue weighted by molar-refractivity contribution is -0.133. The molecule has 4 rings (SSSR count). The van der Waals surface area contributed by atoms with Crippen molar-refractivity contribution in [3.8, 4) is 0 Å². The van der Waals surface area contributed by atoms with E-state index >= 15 is 0 Å². The van der Waals surface area contributed by atoms with Gasteiger partial charge < -0.3 is 20.8 Å². The Morgan fingerprint density at radius 2 is 1.76 bits per heavy atom. The third kappa shape index (κ3) is 5.70. The first-order valence-corrected chi connectivity index (χ1v) is 14.2. The van der Waals surface area contributed by atoms with Crippen molar-refractivity contribution in [1.82, 2.24) is 5.32 Å². The number of rotatable bonds is 8. The van der Waals surface area contributed by atoms with Gasteiger partial charge in [-0.3, -0.25) is 9.59 Å². The molecule has 0 radical (unpaired) electrons. The number of carbonyl (C=O) groups is 2. The van der Waals surface area contributed by atoms with Crippen LogP contribution in [-0.4, -0.2) is 53.9 Å². The number of hydrogen-bond acceptors (Lipinski definition) is 6. The van der Waals surface area contributed by atoms with Crippen LogP contribution in [0.1, 0.15) is 49.4 Å². The summed E-state index contributed by atoms with van der Waals surface area (Å²) in [4.78, 5) is 24.8. The summed E-state index contributed by atoms with van der Waals surface area (Å²) in [6, 6.07) is 6.61. The number of sulfone groups is 1. The maximum absolute atomic E-state index is 13.7. The first kappa shape index (κ1) is 28.4. The number of carbonyl (C=O) groups excluding carboxylic acids is 2. The molecule has 12 heteroatoms. The summed E-state index contributed by atoms with van der Waals surface area (Å²) in [6.45, 7) is 1.58. The molecule has 8 nitrogen and oxygen atoms in total. The van der Waals surface area contributed by atoms with E-state index in [4.69, 9.17) is 11.6 Å². The number of anilines is 1. The van der Waals surface area contributed by atoms with Gasteiger partial charge >= 0.3 is 0 Å². The molecule has 2 aliphatic carbocycles. The summed E-state index contributed by atoms with van der Waals surface area (Å²) in [6.07, 6.45) is 0.483. The fourth-order valence-electron chi connectivity index (χ4n) is 5.55. The van der Waals surface area contributed by atoms with Crippen molar-refractivity contribution in [2.75, 3.05) is 11.9 Å². The van der Waals surface area contributed by atoms with Gasteiger partial charge in [0.15, 0.2) is 21.5 Å². The Morgan fingerprint density at radius 3 is 2.37 bits per heavy atom. The summed E-state index contributed by atoms with van der Waals surface area (Å²) in [5, 5.41) is 24.8. The van der Waals surface area contributed by atoms with Crippen LogP contribution in [0.15, 0.2) is 41.3 Å². The molecule has 1 unspecified atom stereocenters. The lowest BCUT2D eigenvalue weighted by Crippen LogP contribution is -2.51. The summed E-state index contributed by atoms with van der Waals surface area (Å²) in [5.74, 6) is -4.19. The van der Waals surface area contributed by atoms with Crippen LogP contribution in [0.2, 0.25) is 5.02 Å². The zero-order valence-electron chi connectivity index (χ0n) is 20.6. The van der Waals surface area contributed by atoms with Gasteiger partial charge in [-0.25, -0.2) is 17.2 Å². The largest absolute Gasteiger partial charge is 0.392 e. The standard InChI is InChI=1S/C26H29ClF2N2O6S/c1-14(32)13-30-24(33)12-26(35)16-3-4-17(26)10-19(9-16)38(36,37)23-8-15(2-6-20(23)27)25(34)31-18-5-7-21(28)22(29)11-18/h2,5-8,11,14,16-17,19,32,35H,3-4,9-10,12-13H2,1H3,(H,30,33)(H,31,34)/t14-,16-,17?,19-,26-/m0/s1. The van der Waals surface area contributed by atoms with Gasteiger partial charge in [0.1, 0.15) is 0 Å². The highest BCUT2D eigenvalue weighted by molar-refractivity contribution is 7.92. The molecular weight excluding hydrogens is 542 g/mol. The molecule has 2 saturated carbocycles. The Labute approximate surface area is 224 Å². The number of aliphatic hydroxyl groups is 2. The van der Waals surface area contributed by atoms with E-state index in [1.165, 1.54) is 25.1 Å². The van der Waals surface area contributed by atoms with Gasteiger partial charge in [0, 0.05) is 23.9 Å². The van der Waals surface area contributed by atoms with E-state index in [-0.39, 0.29) is 47.0 Å². The molecule has 0 aliphatic heterocycles. The van der Waals surface area contributed by atoms with Gasteiger partial charge in [-0.1, -0.05) is 11.6 Å². The molecule has 4 N–H and O–H groups in total. The summed E-state index contributed by atoms with van der Waals surface area (Å²) >= 11 is 6.25. The van der Waals surface area contributed by atoms with Crippen molar-refractivity contribution in [3.05, 3.63) is 58.6 Å². The molecule has 5 atom stereocenters. The van der Waals surface area contributed by atoms with Crippen LogP contribution in [0, 0.1) is 23.5 Å². The maximum Gasteiger partial charge on any atom is 0.255 e. The maximum atomic E-state index is 13.7. The Bertz CT molecular complexity index is 1340. The first-order valence-electron chi connectivity index (χ1n) is 12.3. The molecule has 0 spiro atoms. The minimum Gasteiger partial charge on any atom is -0.392 e. The zero-order chi connectivity index (χ0) is 27.8. The number of hydrogen-bond donors (Lipinski definition) is 4. The Balaban J connectivity index is 1.51. The van der Waals surface area contributed by atoms with E-state index in [2.05, 4.69) is 10.6 Å². The number of halogens is 3. The number of benzene rings is 2. The monoisotopic (exact) mass is 570 g/mol. The zero-order valence-corrected chi connectivity index (χ0v) is 22.2. The topological polar surface area (TPSA) is 133 Å². The minimum atomic E-state index is -4.03. The Kier molecular flexibility index (Phi) is 8.13. The number of aliphatic hydroxyl groups excluding tert-OH is 1. The van der Waals surface area contributed by atoms with Gasteiger partial charge in [0.2, 0.25) is 5.91 Å². The molecule has 206 valence electrons. The molecule has 0 aromatic heterocycles. The van der Waals surface area contributed by atoms with Crippen LogP contribution >= 0.6 is 11.6 Å². The Hall–Kier alpha value is -2.60. The van der Waals surface area contributed by atoms with E-state index in [1.807, 2.05) is 0 Å². The minimum absolute atomic E-state index is 0.00567. The van der Waals surface area contributed by atoms with Crippen LogP contribution in [0.5, 0.6) is 0 Å². The van der Waals surface area contributed by atoms with E-state index in [0.29, 0.717) is 12.8 Å². The number of fused-ring (bicyclic) bond motifs is 2. The second-order valence-electron chi connectivity index (χ2n) is 10.2. The van der Waals surface area contributed by atoms with E-state index in [9.17, 15) is 37.0 Å². The van der Waals surface area contributed by atoms with Crippen LogP contribution in [0.3, 0.4) is 0 Å². The molecule has 2 bridgehead atoms. The summed E-state index contributed by atoms with van der Waals surface area (Å²) in [7, 11) is -4.03. The van der Waals surface area contributed by atoms with Crippen molar-refractivity contribution in [3.63, 3.8) is 0 Å². The first-order chi connectivity index (χ1) is 17.8. The van der Waals surface area contributed by atoms with Gasteiger partial charge in [-0.15, -0.1) is 0 Å². The average Bonchev–Trinajstić information content (AvgIpc) is 3.00. The fourth-order valence-corrected chi connectivity index (χ4v) is 7.95. The summed E-state index contributed by atoms with van der Waals surface area (Å²) in [5.41, 5.74) is -1.39. The smallest absolute Gasteiger partial charge is 0.255 e. The predicted molar refractivity (Wildman–Crippen MR) is 136 cm³/mol. The molecule has 38 heavy (non-hydrogen) atoms. The van der Waals surface area contributed by atoms with E-state index in [0.717, 1.165) is 18.2 Å². The van der Waals surface area contributed by atoms with Crippen molar-refractivity contribution >= 4 is 38.9 Å². The molecule has 2 aliphatic rings. The second-order valence-corrected chi connectivity index (χ2v) is 12.8. The average molecular weight is 571 g/mol. The van der Waals surface area contributed by atoms with Gasteiger partial charge in [-0.2, -0.15) is 0 Å². The lowest BCUT2D eigenvalue weighted by Gasteiger charge is -2.42. The number of amides is 2. The van der Waals surface area contributed by atoms with Crippen LogP contribution in [0.4, 0.5) is 14.5 Å². The van der Waals surface area contributed by atoms with Gasteiger partial charge in [-0.05, 0) is 74.8 Å². The molecule has 2 aromatic rings. The quantitative estimate of drug-likeness (QED) is 0.384. The predicted octanol–water partition coefficient (Wildman–Crippen LogP) is 3.45. The second kappa shape index (κ2) is 10.9. The van der Waals surface area contributed by atoms with Gasteiger partial charge in [0.05, 0.1) is 33.3 Å². The van der Waals surface area contributed by atoms with Crippen molar-refractivity contribution < 1.29 is 37.0 Å². The lowest BCUT2D eigenvalue weighted by atomic mass is 9.72. The fraction of sp³-hybridized carbons (Fsp3) is 0.462. The molecule has 2 amide bonds. The van der Waals surface area contributed by atoms with Crippen LogP contribution in [0.25, 0.3) is 0 Å². The normalized spacial score (nSPS) is 25.6. The highest BCUT2D eigenvalue weighted by atomic mass is 35.5. The number of nitrogens with one attached hydrogen (secondary N) is 2. The van der Waals surface area contributed by atoms with Crippen LogP contribution < -0.4 is 10.6 Å². The van der Waals surface area contributed by atoms with Gasteiger partial charge in [0.25, 0.3) is 5.91 Å². The third-order valence-electron chi connectivity index (χ3n) is 7.53. The molecule has 2 fully saturated rings. The molecule has 0 heterocycles.